The van der Waals surface area contributed by atoms with Gasteiger partial charge in [0, 0.05) is 10.8 Å². The number of thioether (sulfide) groups is 1. The summed E-state index contributed by atoms with van der Waals surface area (Å²) in [7, 11) is 0. The maximum absolute atomic E-state index is 12.7. The van der Waals surface area contributed by atoms with E-state index in [1.54, 1.807) is 13.8 Å². The minimum Gasteiger partial charge on any atom is -0.480 e. The Bertz CT molecular complexity index is 891. The van der Waals surface area contributed by atoms with Crippen molar-refractivity contribution < 1.29 is 24.4 Å². The molecular formula is C16H16ClN3O6S. The molecule has 1 unspecified atom stereocenters. The molecule has 2 amide bonds. The average molecular weight is 414 g/mol. The van der Waals surface area contributed by atoms with Crippen LogP contribution in [0.4, 0.5) is 5.69 Å². The Morgan fingerprint density at radius 3 is 2.56 bits per heavy atom. The van der Waals surface area contributed by atoms with Crippen molar-refractivity contribution in [2.24, 2.45) is 0 Å². The number of halogens is 1. The zero-order chi connectivity index (χ0) is 20.3. The Morgan fingerprint density at radius 2 is 2.00 bits per heavy atom. The van der Waals surface area contributed by atoms with E-state index >= 15 is 0 Å². The van der Waals surface area contributed by atoms with Crippen LogP contribution in [-0.4, -0.2) is 54.4 Å². The number of benzene rings is 1. The van der Waals surface area contributed by atoms with Gasteiger partial charge in [0.05, 0.1) is 9.95 Å². The van der Waals surface area contributed by atoms with E-state index in [2.05, 4.69) is 5.32 Å². The molecule has 11 heteroatoms. The van der Waals surface area contributed by atoms with Gasteiger partial charge in [-0.1, -0.05) is 17.7 Å². The van der Waals surface area contributed by atoms with Crippen LogP contribution < -0.4 is 5.32 Å². The van der Waals surface area contributed by atoms with Crippen molar-refractivity contribution in [3.8, 4) is 0 Å². The maximum Gasteiger partial charge on any atom is 0.327 e. The standard InChI is InChI=1S/C16H16ClN3O6S/c1-15(2)10(12(22)23)19-13(24)16(3,14(19)27-15)18-11(21)9-7(17)5-4-6-8(9)20(25)26/h4-6,10,14H,1-3H3,(H,18,21)(H,22,23)/t10-,14+,16?/m0/s1. The van der Waals surface area contributed by atoms with Crippen LogP contribution in [-0.2, 0) is 9.59 Å². The van der Waals surface area contributed by atoms with Crippen LogP contribution >= 0.6 is 23.4 Å². The third-order valence-electron chi connectivity index (χ3n) is 4.80. The zero-order valence-electron chi connectivity index (χ0n) is 14.6. The molecule has 2 fully saturated rings. The van der Waals surface area contributed by atoms with E-state index in [4.69, 9.17) is 11.6 Å². The summed E-state index contributed by atoms with van der Waals surface area (Å²) in [5, 5.41) is 22.5. The number of carboxylic acids is 1. The number of aliphatic carboxylic acids is 1. The Kier molecular flexibility index (Phi) is 4.39. The lowest BCUT2D eigenvalue weighted by molar-refractivity contribution is -0.385. The van der Waals surface area contributed by atoms with E-state index in [-0.39, 0.29) is 10.6 Å². The molecule has 1 aromatic rings. The number of β-lactam (4-membered cyclic amide) rings is 1. The molecule has 3 rings (SSSR count). The molecule has 1 aromatic carbocycles. The summed E-state index contributed by atoms with van der Waals surface area (Å²) < 4.78 is -0.759. The van der Waals surface area contributed by atoms with Gasteiger partial charge in [0.1, 0.15) is 22.5 Å². The summed E-state index contributed by atoms with van der Waals surface area (Å²) in [5.74, 6) is -2.54. The number of nitro groups is 1. The predicted molar refractivity (Wildman–Crippen MR) is 97.7 cm³/mol. The van der Waals surface area contributed by atoms with Crippen molar-refractivity contribution >= 4 is 46.8 Å². The van der Waals surface area contributed by atoms with Gasteiger partial charge in [0.2, 0.25) is 0 Å². The zero-order valence-corrected chi connectivity index (χ0v) is 16.1. The second kappa shape index (κ2) is 6.10. The molecule has 0 aromatic heterocycles. The number of carbonyl (C=O) groups is 3. The molecule has 0 radical (unpaired) electrons. The highest BCUT2D eigenvalue weighted by Gasteiger charge is 2.70. The molecule has 0 saturated carbocycles. The van der Waals surface area contributed by atoms with Crippen molar-refractivity contribution in [1.29, 1.82) is 0 Å². The molecule has 0 aliphatic carbocycles. The first kappa shape index (κ1) is 19.4. The molecule has 2 saturated heterocycles. The summed E-state index contributed by atoms with van der Waals surface area (Å²) in [6.45, 7) is 4.90. The van der Waals surface area contributed by atoms with E-state index in [1.807, 2.05) is 0 Å². The topological polar surface area (TPSA) is 130 Å². The molecule has 3 atom stereocenters. The lowest BCUT2D eigenvalue weighted by Crippen LogP contribution is -2.78. The summed E-state index contributed by atoms with van der Waals surface area (Å²) in [5.41, 5.74) is -2.21. The first-order valence-corrected chi connectivity index (χ1v) is 9.16. The van der Waals surface area contributed by atoms with Crippen molar-refractivity contribution in [3.63, 3.8) is 0 Å². The second-order valence-corrected chi connectivity index (χ2v) is 9.22. The number of hydrogen-bond acceptors (Lipinski definition) is 6. The van der Waals surface area contributed by atoms with E-state index in [0.29, 0.717) is 0 Å². The molecule has 0 spiro atoms. The van der Waals surface area contributed by atoms with Gasteiger partial charge in [-0.25, -0.2) is 4.79 Å². The first-order chi connectivity index (χ1) is 12.4. The number of nitrogens with one attached hydrogen (secondary N) is 1. The summed E-state index contributed by atoms with van der Waals surface area (Å²) >= 11 is 7.23. The third-order valence-corrected chi connectivity index (χ3v) is 6.87. The number of hydrogen-bond donors (Lipinski definition) is 2. The SMILES string of the molecule is CC1(C)S[C@H]2N(C(=O)C2(C)NC(=O)c2c(Cl)cccc2[N+](=O)[O-])[C@H]1C(=O)O. The normalized spacial score (nSPS) is 28.3. The van der Waals surface area contributed by atoms with E-state index in [9.17, 15) is 29.6 Å². The molecule has 2 N–H and O–H groups in total. The Labute approximate surface area is 163 Å². The minimum atomic E-state index is -1.39. The van der Waals surface area contributed by atoms with Gasteiger partial charge in [-0.15, -0.1) is 11.8 Å². The van der Waals surface area contributed by atoms with Gasteiger partial charge in [-0.2, -0.15) is 0 Å². The van der Waals surface area contributed by atoms with Crippen molar-refractivity contribution in [2.45, 2.75) is 42.5 Å². The number of amides is 2. The monoisotopic (exact) mass is 413 g/mol. The van der Waals surface area contributed by atoms with Gasteiger partial charge >= 0.3 is 5.97 Å². The number of fused-ring (bicyclic) bond motifs is 1. The molecule has 27 heavy (non-hydrogen) atoms. The molecule has 9 nitrogen and oxygen atoms in total. The fourth-order valence-electron chi connectivity index (χ4n) is 3.53. The minimum absolute atomic E-state index is 0.114. The van der Waals surface area contributed by atoms with Gasteiger partial charge in [0.15, 0.2) is 0 Å². The van der Waals surface area contributed by atoms with Crippen LogP contribution in [0.15, 0.2) is 18.2 Å². The van der Waals surface area contributed by atoms with Gasteiger partial charge in [-0.05, 0) is 26.8 Å². The second-order valence-electron chi connectivity index (χ2n) is 7.07. The highest BCUT2D eigenvalue weighted by Crippen LogP contribution is 2.54. The number of carboxylic acid groups (broad SMARTS) is 1. The van der Waals surface area contributed by atoms with Crippen LogP contribution in [0.3, 0.4) is 0 Å². The fraction of sp³-hybridized carbons (Fsp3) is 0.438. The maximum atomic E-state index is 12.7. The van der Waals surface area contributed by atoms with E-state index in [1.165, 1.54) is 35.7 Å². The molecule has 2 heterocycles. The van der Waals surface area contributed by atoms with Crippen molar-refractivity contribution in [3.05, 3.63) is 38.9 Å². The number of carbonyl (C=O) groups excluding carboxylic acids is 2. The molecule has 2 aliphatic heterocycles. The van der Waals surface area contributed by atoms with Crippen molar-refractivity contribution in [2.75, 3.05) is 0 Å². The predicted octanol–water partition coefficient (Wildman–Crippen LogP) is 1.88. The summed E-state index contributed by atoms with van der Waals surface area (Å²) in [6.07, 6.45) is 0. The lowest BCUT2D eigenvalue weighted by atomic mass is 9.86. The molecular weight excluding hydrogens is 398 g/mol. The highest BCUT2D eigenvalue weighted by molar-refractivity contribution is 8.01. The van der Waals surface area contributed by atoms with E-state index < -0.39 is 50.1 Å². The Hall–Kier alpha value is -2.33. The first-order valence-electron chi connectivity index (χ1n) is 7.90. The Morgan fingerprint density at radius 1 is 1.37 bits per heavy atom. The van der Waals surface area contributed by atoms with Crippen LogP contribution in [0.2, 0.25) is 5.02 Å². The highest BCUT2D eigenvalue weighted by atomic mass is 35.5. The van der Waals surface area contributed by atoms with Crippen LogP contribution in [0.25, 0.3) is 0 Å². The van der Waals surface area contributed by atoms with Crippen molar-refractivity contribution in [1.82, 2.24) is 10.2 Å². The van der Waals surface area contributed by atoms with E-state index in [0.717, 1.165) is 6.07 Å². The van der Waals surface area contributed by atoms with Crippen LogP contribution in [0, 0.1) is 10.1 Å². The quantitative estimate of drug-likeness (QED) is 0.437. The van der Waals surface area contributed by atoms with Gasteiger partial charge in [-0.3, -0.25) is 19.7 Å². The van der Waals surface area contributed by atoms with Crippen LogP contribution in [0.5, 0.6) is 0 Å². The van der Waals surface area contributed by atoms with Gasteiger partial charge < -0.3 is 15.3 Å². The van der Waals surface area contributed by atoms with Gasteiger partial charge in [0.25, 0.3) is 17.5 Å². The number of rotatable bonds is 4. The van der Waals surface area contributed by atoms with Crippen LogP contribution in [0.1, 0.15) is 31.1 Å². The molecule has 2 aliphatic rings. The Balaban J connectivity index is 1.92. The average Bonchev–Trinajstić information content (AvgIpc) is 2.83. The largest absolute Gasteiger partial charge is 0.480 e. The smallest absolute Gasteiger partial charge is 0.327 e. The lowest BCUT2D eigenvalue weighted by Gasteiger charge is -2.51. The summed E-state index contributed by atoms with van der Waals surface area (Å²) in [4.78, 5) is 48.7. The summed E-state index contributed by atoms with van der Waals surface area (Å²) in [6, 6.07) is 2.81. The molecule has 0 bridgehead atoms. The number of nitrogens with zero attached hydrogens (tertiary/aromatic N) is 2. The third kappa shape index (κ3) is 2.74. The molecule has 144 valence electrons. The fourth-order valence-corrected chi connectivity index (χ4v) is 5.43. The number of nitro benzene ring substituents is 1.